The van der Waals surface area contributed by atoms with Crippen LogP contribution in [0.1, 0.15) is 37.4 Å². The van der Waals surface area contributed by atoms with Crippen LogP contribution in [0.3, 0.4) is 0 Å². The van der Waals surface area contributed by atoms with Crippen LogP contribution in [0.5, 0.6) is 0 Å². The van der Waals surface area contributed by atoms with Crippen molar-refractivity contribution in [2.24, 2.45) is 7.05 Å². The number of nitrogens with zero attached hydrogens (tertiary/aromatic N) is 3. The van der Waals surface area contributed by atoms with Crippen molar-refractivity contribution in [2.75, 3.05) is 18.4 Å². The summed E-state index contributed by atoms with van der Waals surface area (Å²) in [4.78, 5) is 16.1. The number of amides is 1. The second-order valence-electron chi connectivity index (χ2n) is 4.82. The third kappa shape index (κ3) is 4.31. The van der Waals surface area contributed by atoms with Gasteiger partial charge >= 0.3 is 0 Å². The molecule has 1 aliphatic heterocycles. The van der Waals surface area contributed by atoms with Gasteiger partial charge in [0.15, 0.2) is 5.82 Å². The number of allylic oxidation sites excluding steroid dienone is 1. The van der Waals surface area contributed by atoms with Gasteiger partial charge in [-0.2, -0.15) is 10.1 Å². The van der Waals surface area contributed by atoms with E-state index in [0.29, 0.717) is 24.7 Å². The average molecular weight is 300 g/mol. The fourth-order valence-electron chi connectivity index (χ4n) is 2.19. The van der Waals surface area contributed by atoms with Crippen molar-refractivity contribution in [3.8, 4) is 0 Å². The van der Waals surface area contributed by atoms with Crippen molar-refractivity contribution < 1.29 is 4.79 Å². The molecule has 0 unspecified atom stereocenters. The molecule has 1 aromatic heterocycles. The summed E-state index contributed by atoms with van der Waals surface area (Å²) < 4.78 is 1.64. The van der Waals surface area contributed by atoms with Gasteiger partial charge in [0.25, 0.3) is 0 Å². The van der Waals surface area contributed by atoms with Crippen LogP contribution in [0, 0.1) is 0 Å². The molecule has 112 valence electrons. The van der Waals surface area contributed by atoms with E-state index in [1.807, 2.05) is 0 Å². The average Bonchev–Trinajstić information content (AvgIpc) is 2.79. The first-order chi connectivity index (χ1) is 9.20. The van der Waals surface area contributed by atoms with E-state index >= 15 is 0 Å². The standard InChI is InChI=1S/C13H21N5O.ClH/c1-3-4-5-11(19)15-13-16-12(17-18(13)2)10-6-8-14-9-7-10;/h3,10,14H,1,4-9H2,2H3,(H,15,16,17,19);1H. The van der Waals surface area contributed by atoms with E-state index < -0.39 is 0 Å². The van der Waals surface area contributed by atoms with E-state index in [2.05, 4.69) is 27.3 Å². The Kier molecular flexibility index (Phi) is 6.67. The zero-order valence-electron chi connectivity index (χ0n) is 11.8. The summed E-state index contributed by atoms with van der Waals surface area (Å²) in [5, 5.41) is 10.5. The van der Waals surface area contributed by atoms with Gasteiger partial charge in [-0.05, 0) is 32.4 Å². The second-order valence-corrected chi connectivity index (χ2v) is 4.82. The summed E-state index contributed by atoms with van der Waals surface area (Å²) in [6.07, 6.45) is 4.93. The molecule has 1 amide bonds. The first-order valence-corrected chi connectivity index (χ1v) is 6.73. The van der Waals surface area contributed by atoms with E-state index in [1.165, 1.54) is 0 Å². The SMILES string of the molecule is C=CCCC(=O)Nc1nc(C2CCNCC2)nn1C.Cl. The largest absolute Gasteiger partial charge is 0.317 e. The molecular formula is C13H22ClN5O. The Morgan fingerprint density at radius 1 is 1.55 bits per heavy atom. The van der Waals surface area contributed by atoms with Crippen LogP contribution >= 0.6 is 12.4 Å². The molecule has 6 nitrogen and oxygen atoms in total. The third-order valence-corrected chi connectivity index (χ3v) is 3.31. The lowest BCUT2D eigenvalue weighted by Crippen LogP contribution is -2.27. The molecule has 0 bridgehead atoms. The van der Waals surface area contributed by atoms with Gasteiger partial charge in [-0.25, -0.2) is 4.68 Å². The van der Waals surface area contributed by atoms with Gasteiger partial charge in [0.1, 0.15) is 0 Å². The van der Waals surface area contributed by atoms with E-state index in [1.54, 1.807) is 17.8 Å². The minimum atomic E-state index is -0.0488. The minimum Gasteiger partial charge on any atom is -0.317 e. The van der Waals surface area contributed by atoms with Crippen LogP contribution in [0.2, 0.25) is 0 Å². The van der Waals surface area contributed by atoms with E-state index in [9.17, 15) is 4.79 Å². The van der Waals surface area contributed by atoms with Crippen molar-refractivity contribution in [3.05, 3.63) is 18.5 Å². The Labute approximate surface area is 125 Å². The number of aryl methyl sites for hydroxylation is 1. The normalized spacial score (nSPS) is 15.4. The van der Waals surface area contributed by atoms with Crippen molar-refractivity contribution in [1.29, 1.82) is 0 Å². The molecule has 7 heteroatoms. The number of aromatic nitrogens is 3. The number of nitrogens with one attached hydrogen (secondary N) is 2. The molecule has 0 aliphatic carbocycles. The molecule has 2 heterocycles. The zero-order chi connectivity index (χ0) is 13.7. The summed E-state index contributed by atoms with van der Waals surface area (Å²) in [6.45, 7) is 5.61. The first-order valence-electron chi connectivity index (χ1n) is 6.73. The highest BCUT2D eigenvalue weighted by molar-refractivity contribution is 5.89. The molecule has 2 rings (SSSR count). The van der Waals surface area contributed by atoms with Crippen LogP contribution in [0.4, 0.5) is 5.95 Å². The highest BCUT2D eigenvalue weighted by Crippen LogP contribution is 2.23. The molecule has 20 heavy (non-hydrogen) atoms. The van der Waals surface area contributed by atoms with Crippen LogP contribution < -0.4 is 10.6 Å². The fourth-order valence-corrected chi connectivity index (χ4v) is 2.19. The maximum absolute atomic E-state index is 11.7. The lowest BCUT2D eigenvalue weighted by Gasteiger charge is -2.19. The van der Waals surface area contributed by atoms with Crippen molar-refractivity contribution in [1.82, 2.24) is 20.1 Å². The minimum absolute atomic E-state index is 0. The lowest BCUT2D eigenvalue weighted by atomic mass is 9.98. The van der Waals surface area contributed by atoms with Gasteiger partial charge < -0.3 is 5.32 Å². The van der Waals surface area contributed by atoms with Crippen LogP contribution in [0.25, 0.3) is 0 Å². The predicted molar refractivity (Wildman–Crippen MR) is 81.2 cm³/mol. The summed E-state index contributed by atoms with van der Waals surface area (Å²) in [5.41, 5.74) is 0. The number of carbonyl (C=O) groups is 1. The number of hydrogen-bond acceptors (Lipinski definition) is 4. The highest BCUT2D eigenvalue weighted by Gasteiger charge is 2.21. The maximum atomic E-state index is 11.7. The van der Waals surface area contributed by atoms with Crippen molar-refractivity contribution in [3.63, 3.8) is 0 Å². The number of piperidine rings is 1. The zero-order valence-corrected chi connectivity index (χ0v) is 12.6. The van der Waals surface area contributed by atoms with E-state index in [-0.39, 0.29) is 18.3 Å². The summed E-state index contributed by atoms with van der Waals surface area (Å²) in [6, 6.07) is 0. The molecule has 1 aliphatic rings. The molecule has 2 N–H and O–H groups in total. The van der Waals surface area contributed by atoms with E-state index in [0.717, 1.165) is 31.8 Å². The molecule has 1 fully saturated rings. The smallest absolute Gasteiger partial charge is 0.227 e. The van der Waals surface area contributed by atoms with Crippen LogP contribution in [-0.2, 0) is 11.8 Å². The Morgan fingerprint density at radius 3 is 2.90 bits per heavy atom. The monoisotopic (exact) mass is 299 g/mol. The van der Waals surface area contributed by atoms with Crippen molar-refractivity contribution in [2.45, 2.75) is 31.6 Å². The van der Waals surface area contributed by atoms with Gasteiger partial charge in [-0.3, -0.25) is 10.1 Å². The third-order valence-electron chi connectivity index (χ3n) is 3.31. The van der Waals surface area contributed by atoms with Gasteiger partial charge in [0.2, 0.25) is 11.9 Å². The summed E-state index contributed by atoms with van der Waals surface area (Å²) >= 11 is 0. The molecular weight excluding hydrogens is 278 g/mol. The number of carbonyl (C=O) groups excluding carboxylic acids is 1. The number of halogens is 1. The topological polar surface area (TPSA) is 71.8 Å². The Bertz CT molecular complexity index is 454. The maximum Gasteiger partial charge on any atom is 0.227 e. The van der Waals surface area contributed by atoms with Crippen LogP contribution in [0.15, 0.2) is 12.7 Å². The molecule has 1 saturated heterocycles. The van der Waals surface area contributed by atoms with Gasteiger partial charge in [0.05, 0.1) is 0 Å². The lowest BCUT2D eigenvalue weighted by molar-refractivity contribution is -0.116. The molecule has 1 aromatic rings. The molecule has 0 saturated carbocycles. The predicted octanol–water partition coefficient (Wildman–Crippen LogP) is 1.61. The fraction of sp³-hybridized carbons (Fsp3) is 0.615. The Balaban J connectivity index is 0.00000200. The highest BCUT2D eigenvalue weighted by atomic mass is 35.5. The number of rotatable bonds is 5. The van der Waals surface area contributed by atoms with Gasteiger partial charge in [0, 0.05) is 19.4 Å². The number of anilines is 1. The second kappa shape index (κ2) is 8.01. The molecule has 0 radical (unpaired) electrons. The summed E-state index contributed by atoms with van der Waals surface area (Å²) in [7, 11) is 1.81. The molecule has 0 atom stereocenters. The summed E-state index contributed by atoms with van der Waals surface area (Å²) in [5.74, 6) is 1.71. The van der Waals surface area contributed by atoms with Crippen LogP contribution in [-0.4, -0.2) is 33.8 Å². The first kappa shape index (κ1) is 16.7. The van der Waals surface area contributed by atoms with Gasteiger partial charge in [-0.15, -0.1) is 19.0 Å². The number of hydrogen-bond donors (Lipinski definition) is 2. The Morgan fingerprint density at radius 2 is 2.25 bits per heavy atom. The van der Waals surface area contributed by atoms with Crippen molar-refractivity contribution >= 4 is 24.3 Å². The van der Waals surface area contributed by atoms with Gasteiger partial charge in [-0.1, -0.05) is 6.08 Å². The van der Waals surface area contributed by atoms with E-state index in [4.69, 9.17) is 0 Å². The quantitative estimate of drug-likeness (QED) is 0.810. The molecule has 0 aromatic carbocycles. The Hall–Kier alpha value is -1.40. The molecule has 0 spiro atoms.